The second-order valence-electron chi connectivity index (χ2n) is 7.26. The average molecular weight is 411 g/mol. The van der Waals surface area contributed by atoms with Crippen molar-refractivity contribution in [3.05, 3.63) is 33.8 Å². The van der Waals surface area contributed by atoms with Gasteiger partial charge in [-0.1, -0.05) is 22.0 Å². The minimum atomic E-state index is -1.34. The van der Waals surface area contributed by atoms with Gasteiger partial charge in [0.1, 0.15) is 17.7 Å². The van der Waals surface area contributed by atoms with Crippen molar-refractivity contribution in [3.8, 4) is 0 Å². The Kier molecular flexibility index (Phi) is 4.15. The monoisotopic (exact) mass is 410 g/mol. The van der Waals surface area contributed by atoms with Crippen molar-refractivity contribution in [2.24, 2.45) is 0 Å². The SMILES string of the molecule is CC(C)(C)OC(=O)CN1C(=O)NC2(C[C@H](O)c3cc(Br)ccc32)C1=O. The Morgan fingerprint density at radius 2 is 2.12 bits per heavy atom. The number of esters is 1. The van der Waals surface area contributed by atoms with Crippen molar-refractivity contribution in [1.29, 1.82) is 0 Å². The van der Waals surface area contributed by atoms with Crippen LogP contribution in [0.1, 0.15) is 44.4 Å². The number of imide groups is 1. The summed E-state index contributed by atoms with van der Waals surface area (Å²) in [7, 11) is 0. The van der Waals surface area contributed by atoms with Crippen molar-refractivity contribution in [2.75, 3.05) is 6.54 Å². The topological polar surface area (TPSA) is 95.9 Å². The van der Waals surface area contributed by atoms with E-state index in [1.165, 1.54) is 0 Å². The molecule has 1 saturated heterocycles. The van der Waals surface area contributed by atoms with Gasteiger partial charge in [-0.3, -0.25) is 14.5 Å². The number of rotatable bonds is 2. The molecule has 0 aromatic heterocycles. The van der Waals surface area contributed by atoms with Gasteiger partial charge < -0.3 is 15.2 Å². The summed E-state index contributed by atoms with van der Waals surface area (Å²) in [6.07, 6.45) is -0.841. The number of aliphatic hydroxyl groups is 1. The lowest BCUT2D eigenvalue weighted by Gasteiger charge is -2.23. The third-order valence-electron chi connectivity index (χ3n) is 4.21. The van der Waals surface area contributed by atoms with Gasteiger partial charge in [0.25, 0.3) is 5.91 Å². The fraction of sp³-hybridized carbons (Fsp3) is 0.471. The number of benzene rings is 1. The Hall–Kier alpha value is -1.93. The van der Waals surface area contributed by atoms with E-state index < -0.39 is 41.7 Å². The number of fused-ring (bicyclic) bond motifs is 2. The highest BCUT2D eigenvalue weighted by atomic mass is 79.9. The molecule has 8 heteroatoms. The van der Waals surface area contributed by atoms with Crippen LogP contribution in [-0.2, 0) is 19.9 Å². The van der Waals surface area contributed by atoms with E-state index in [4.69, 9.17) is 4.74 Å². The van der Waals surface area contributed by atoms with Crippen LogP contribution in [0, 0.1) is 0 Å². The molecule has 2 aliphatic rings. The zero-order chi connectivity index (χ0) is 18.6. The number of urea groups is 1. The molecule has 0 bridgehead atoms. The molecule has 1 fully saturated rings. The number of carbonyl (C=O) groups is 3. The fourth-order valence-electron chi connectivity index (χ4n) is 3.30. The maximum atomic E-state index is 12.9. The zero-order valence-electron chi connectivity index (χ0n) is 14.1. The van der Waals surface area contributed by atoms with Crippen molar-refractivity contribution in [1.82, 2.24) is 10.2 Å². The molecular formula is C17H19BrN2O5. The molecule has 3 amide bonds. The number of ether oxygens (including phenoxy) is 1. The Morgan fingerprint density at radius 1 is 1.44 bits per heavy atom. The first-order valence-electron chi connectivity index (χ1n) is 7.87. The maximum absolute atomic E-state index is 12.9. The Labute approximate surface area is 153 Å². The fourth-order valence-corrected chi connectivity index (χ4v) is 3.68. The second-order valence-corrected chi connectivity index (χ2v) is 8.18. The third kappa shape index (κ3) is 3.04. The summed E-state index contributed by atoms with van der Waals surface area (Å²) < 4.78 is 5.95. The predicted octanol–water partition coefficient (Wildman–Crippen LogP) is 1.97. The third-order valence-corrected chi connectivity index (χ3v) is 4.71. The molecule has 25 heavy (non-hydrogen) atoms. The molecule has 0 saturated carbocycles. The maximum Gasteiger partial charge on any atom is 0.326 e. The molecule has 7 nitrogen and oxygen atoms in total. The van der Waals surface area contributed by atoms with Crippen LogP contribution in [0.15, 0.2) is 22.7 Å². The van der Waals surface area contributed by atoms with Gasteiger partial charge >= 0.3 is 12.0 Å². The Balaban J connectivity index is 1.89. The van der Waals surface area contributed by atoms with Crippen molar-refractivity contribution in [3.63, 3.8) is 0 Å². The van der Waals surface area contributed by atoms with E-state index in [1.807, 2.05) is 0 Å². The van der Waals surface area contributed by atoms with Crippen LogP contribution < -0.4 is 5.32 Å². The molecule has 1 heterocycles. The summed E-state index contributed by atoms with van der Waals surface area (Å²) in [6.45, 7) is 4.66. The molecule has 0 radical (unpaired) electrons. The number of halogens is 1. The summed E-state index contributed by atoms with van der Waals surface area (Å²) in [4.78, 5) is 38.1. The lowest BCUT2D eigenvalue weighted by atomic mass is 9.92. The number of aliphatic hydroxyl groups excluding tert-OH is 1. The van der Waals surface area contributed by atoms with E-state index in [1.54, 1.807) is 39.0 Å². The van der Waals surface area contributed by atoms with Crippen LogP contribution in [0.2, 0.25) is 0 Å². The molecule has 1 aromatic rings. The van der Waals surface area contributed by atoms with Gasteiger partial charge in [0.15, 0.2) is 0 Å². The number of hydrogen-bond donors (Lipinski definition) is 2. The van der Waals surface area contributed by atoms with Crippen molar-refractivity contribution in [2.45, 2.75) is 44.4 Å². The minimum Gasteiger partial charge on any atom is -0.459 e. The molecule has 1 spiro atoms. The van der Waals surface area contributed by atoms with Crippen LogP contribution in [-0.4, -0.2) is 40.1 Å². The second kappa shape index (κ2) is 5.81. The highest BCUT2D eigenvalue weighted by Gasteiger charge is 2.58. The molecule has 1 aliphatic heterocycles. The number of nitrogens with zero attached hydrogens (tertiary/aromatic N) is 1. The van der Waals surface area contributed by atoms with Crippen molar-refractivity contribution < 1.29 is 24.2 Å². The first-order chi connectivity index (χ1) is 11.5. The zero-order valence-corrected chi connectivity index (χ0v) is 15.7. The molecular weight excluding hydrogens is 392 g/mol. The molecule has 2 N–H and O–H groups in total. The van der Waals surface area contributed by atoms with Gasteiger partial charge in [0.2, 0.25) is 0 Å². The molecule has 1 aromatic carbocycles. The van der Waals surface area contributed by atoms with Gasteiger partial charge in [0.05, 0.1) is 6.10 Å². The number of nitrogens with one attached hydrogen (secondary N) is 1. The van der Waals surface area contributed by atoms with Crippen LogP contribution >= 0.6 is 15.9 Å². The van der Waals surface area contributed by atoms with E-state index in [2.05, 4.69) is 21.2 Å². The van der Waals surface area contributed by atoms with Gasteiger partial charge in [-0.2, -0.15) is 0 Å². The number of hydrogen-bond acceptors (Lipinski definition) is 5. The highest BCUT2D eigenvalue weighted by Crippen LogP contribution is 2.47. The van der Waals surface area contributed by atoms with Crippen LogP contribution in [0.5, 0.6) is 0 Å². The summed E-state index contributed by atoms with van der Waals surface area (Å²) in [5.74, 6) is -1.22. The summed E-state index contributed by atoms with van der Waals surface area (Å²) in [5, 5.41) is 13.0. The van der Waals surface area contributed by atoms with Gasteiger partial charge in [-0.05, 0) is 44.0 Å². The van der Waals surface area contributed by atoms with E-state index in [0.29, 0.717) is 11.1 Å². The lowest BCUT2D eigenvalue weighted by Crippen LogP contribution is -2.43. The first-order valence-corrected chi connectivity index (χ1v) is 8.67. The normalized spacial score (nSPS) is 25.3. The van der Waals surface area contributed by atoms with Crippen LogP contribution in [0.25, 0.3) is 0 Å². The first kappa shape index (κ1) is 17.9. The predicted molar refractivity (Wildman–Crippen MR) is 91.5 cm³/mol. The summed E-state index contributed by atoms with van der Waals surface area (Å²) >= 11 is 3.33. The van der Waals surface area contributed by atoms with Gasteiger partial charge in [0, 0.05) is 10.9 Å². The molecule has 2 atom stereocenters. The van der Waals surface area contributed by atoms with Crippen LogP contribution in [0.3, 0.4) is 0 Å². The largest absolute Gasteiger partial charge is 0.459 e. The molecule has 1 unspecified atom stereocenters. The van der Waals surface area contributed by atoms with E-state index >= 15 is 0 Å². The number of amides is 3. The number of carbonyl (C=O) groups excluding carboxylic acids is 3. The molecule has 3 rings (SSSR count). The minimum absolute atomic E-state index is 0.0359. The van der Waals surface area contributed by atoms with E-state index in [0.717, 1.165) is 9.37 Å². The van der Waals surface area contributed by atoms with Gasteiger partial charge in [-0.25, -0.2) is 4.79 Å². The standard InChI is InChI=1S/C17H19BrN2O5/c1-16(2,3)25-13(22)8-20-14(23)17(19-15(20)24)7-12(21)10-6-9(18)4-5-11(10)17/h4-6,12,21H,7-8H2,1-3H3,(H,19,24)/t12-,17?/m0/s1. The quantitative estimate of drug-likeness (QED) is 0.573. The van der Waals surface area contributed by atoms with Crippen molar-refractivity contribution >= 4 is 33.8 Å². The van der Waals surface area contributed by atoms with Gasteiger partial charge in [-0.15, -0.1) is 0 Å². The smallest absolute Gasteiger partial charge is 0.326 e. The Morgan fingerprint density at radius 3 is 2.76 bits per heavy atom. The summed E-state index contributed by atoms with van der Waals surface area (Å²) in [6, 6.07) is 4.50. The summed E-state index contributed by atoms with van der Waals surface area (Å²) in [5.41, 5.74) is -0.916. The molecule has 1 aliphatic carbocycles. The average Bonchev–Trinajstić information content (AvgIpc) is 2.86. The van der Waals surface area contributed by atoms with E-state index in [-0.39, 0.29) is 6.42 Å². The highest BCUT2D eigenvalue weighted by molar-refractivity contribution is 9.10. The van der Waals surface area contributed by atoms with Crippen LogP contribution in [0.4, 0.5) is 4.79 Å². The lowest BCUT2D eigenvalue weighted by molar-refractivity contribution is -0.157. The Bertz CT molecular complexity index is 773. The molecule has 134 valence electrons. The van der Waals surface area contributed by atoms with E-state index in [9.17, 15) is 19.5 Å².